The van der Waals surface area contributed by atoms with Crippen molar-refractivity contribution < 1.29 is 9.72 Å². The number of nitrogens with zero attached hydrogens (tertiary/aromatic N) is 2. The molecule has 0 spiro atoms. The standard InChI is InChI=1S/C12H19N5O3/c1-4-7-14-12(18)8(2)15-11-9(17(19)20)5-6-10(13-3)16-11/h5-6,8H,4,7H2,1-3H3,(H,14,18)(H2,13,15,16). The first-order valence-corrected chi connectivity index (χ1v) is 6.37. The van der Waals surface area contributed by atoms with Gasteiger partial charge in [-0.25, -0.2) is 4.98 Å². The maximum Gasteiger partial charge on any atom is 0.311 e. The zero-order valence-electron chi connectivity index (χ0n) is 11.8. The molecule has 0 saturated heterocycles. The molecule has 8 nitrogen and oxygen atoms in total. The number of hydrogen-bond donors (Lipinski definition) is 3. The number of nitrogens with one attached hydrogen (secondary N) is 3. The summed E-state index contributed by atoms with van der Waals surface area (Å²) in [7, 11) is 1.66. The third-order valence-electron chi connectivity index (χ3n) is 2.62. The quantitative estimate of drug-likeness (QED) is 0.514. The topological polar surface area (TPSA) is 109 Å². The van der Waals surface area contributed by atoms with Gasteiger partial charge < -0.3 is 16.0 Å². The molecule has 0 aromatic carbocycles. The summed E-state index contributed by atoms with van der Waals surface area (Å²) in [6, 6.07) is 2.24. The molecule has 3 N–H and O–H groups in total. The van der Waals surface area contributed by atoms with Gasteiger partial charge in [-0.3, -0.25) is 14.9 Å². The molecule has 1 heterocycles. The molecule has 1 rings (SSSR count). The Morgan fingerprint density at radius 3 is 2.75 bits per heavy atom. The molecule has 0 aliphatic heterocycles. The Kier molecular flexibility index (Phi) is 5.70. The van der Waals surface area contributed by atoms with Crippen molar-refractivity contribution in [3.63, 3.8) is 0 Å². The maximum absolute atomic E-state index is 11.8. The SMILES string of the molecule is CCCNC(=O)C(C)Nc1nc(NC)ccc1[N+](=O)[O-]. The molecule has 0 aliphatic carbocycles. The first-order chi connectivity index (χ1) is 9.49. The minimum Gasteiger partial charge on any atom is -0.373 e. The monoisotopic (exact) mass is 281 g/mol. The van der Waals surface area contributed by atoms with E-state index in [0.29, 0.717) is 12.4 Å². The average Bonchev–Trinajstić information content (AvgIpc) is 2.44. The fourth-order valence-electron chi connectivity index (χ4n) is 1.52. The highest BCUT2D eigenvalue weighted by atomic mass is 16.6. The van der Waals surface area contributed by atoms with Crippen molar-refractivity contribution in [2.75, 3.05) is 24.2 Å². The molecule has 110 valence electrons. The van der Waals surface area contributed by atoms with E-state index in [1.807, 2.05) is 6.92 Å². The van der Waals surface area contributed by atoms with E-state index in [1.165, 1.54) is 12.1 Å². The molecule has 0 fully saturated rings. The molecular weight excluding hydrogens is 262 g/mol. The molecule has 0 bridgehead atoms. The van der Waals surface area contributed by atoms with E-state index in [9.17, 15) is 14.9 Å². The first kappa shape index (κ1) is 15.7. The second kappa shape index (κ2) is 7.27. The molecule has 1 aromatic heterocycles. The van der Waals surface area contributed by atoms with Crippen LogP contribution >= 0.6 is 0 Å². The zero-order chi connectivity index (χ0) is 15.1. The lowest BCUT2D eigenvalue weighted by atomic mass is 10.3. The lowest BCUT2D eigenvalue weighted by Crippen LogP contribution is -2.38. The van der Waals surface area contributed by atoms with Gasteiger partial charge >= 0.3 is 5.69 Å². The normalized spacial score (nSPS) is 11.6. The van der Waals surface area contributed by atoms with Crippen molar-refractivity contribution in [2.24, 2.45) is 0 Å². The van der Waals surface area contributed by atoms with Gasteiger partial charge in [0.2, 0.25) is 11.7 Å². The van der Waals surface area contributed by atoms with Gasteiger partial charge in [0.15, 0.2) is 0 Å². The van der Waals surface area contributed by atoms with Gasteiger partial charge in [-0.2, -0.15) is 0 Å². The lowest BCUT2D eigenvalue weighted by Gasteiger charge is -2.14. The maximum atomic E-state index is 11.8. The number of carbonyl (C=O) groups is 1. The van der Waals surface area contributed by atoms with Gasteiger partial charge in [0.05, 0.1) is 4.92 Å². The largest absolute Gasteiger partial charge is 0.373 e. The van der Waals surface area contributed by atoms with E-state index in [4.69, 9.17) is 0 Å². The third-order valence-corrected chi connectivity index (χ3v) is 2.62. The Morgan fingerprint density at radius 2 is 2.20 bits per heavy atom. The van der Waals surface area contributed by atoms with Crippen molar-refractivity contribution >= 4 is 23.2 Å². The van der Waals surface area contributed by atoms with Crippen LogP contribution in [0.5, 0.6) is 0 Å². The third kappa shape index (κ3) is 4.08. The number of nitro groups is 1. The van der Waals surface area contributed by atoms with Gasteiger partial charge in [-0.1, -0.05) is 6.92 Å². The van der Waals surface area contributed by atoms with E-state index >= 15 is 0 Å². The molecule has 1 atom stereocenters. The minimum absolute atomic E-state index is 0.0704. The van der Waals surface area contributed by atoms with Crippen molar-refractivity contribution in [1.29, 1.82) is 0 Å². The van der Waals surface area contributed by atoms with Crippen molar-refractivity contribution in [2.45, 2.75) is 26.3 Å². The molecule has 0 radical (unpaired) electrons. The summed E-state index contributed by atoms with van der Waals surface area (Å²) in [5, 5.41) is 19.2. The molecular formula is C12H19N5O3. The summed E-state index contributed by atoms with van der Waals surface area (Å²) in [5.41, 5.74) is -0.167. The van der Waals surface area contributed by atoms with Gasteiger partial charge in [-0.05, 0) is 19.4 Å². The van der Waals surface area contributed by atoms with Crippen molar-refractivity contribution in [3.05, 3.63) is 22.2 Å². The summed E-state index contributed by atoms with van der Waals surface area (Å²) in [6.07, 6.45) is 0.825. The van der Waals surface area contributed by atoms with E-state index in [0.717, 1.165) is 6.42 Å². The highest BCUT2D eigenvalue weighted by Crippen LogP contribution is 2.24. The molecule has 0 aliphatic rings. The van der Waals surface area contributed by atoms with Gasteiger partial charge in [-0.15, -0.1) is 0 Å². The Morgan fingerprint density at radius 1 is 1.50 bits per heavy atom. The molecule has 8 heteroatoms. The van der Waals surface area contributed by atoms with Gasteiger partial charge in [0.25, 0.3) is 0 Å². The lowest BCUT2D eigenvalue weighted by molar-refractivity contribution is -0.384. The molecule has 1 amide bonds. The number of rotatable bonds is 7. The van der Waals surface area contributed by atoms with Crippen LogP contribution in [0, 0.1) is 10.1 Å². The number of amides is 1. The smallest absolute Gasteiger partial charge is 0.311 e. The van der Waals surface area contributed by atoms with Crippen LogP contribution in [0.2, 0.25) is 0 Å². The van der Waals surface area contributed by atoms with E-state index in [-0.39, 0.29) is 17.4 Å². The Bertz CT molecular complexity index is 492. The van der Waals surface area contributed by atoms with Crippen LogP contribution in [-0.4, -0.2) is 35.4 Å². The van der Waals surface area contributed by atoms with E-state index < -0.39 is 11.0 Å². The predicted molar refractivity (Wildman–Crippen MR) is 76.8 cm³/mol. The highest BCUT2D eigenvalue weighted by molar-refractivity contribution is 5.84. The number of pyridine rings is 1. The molecule has 1 unspecified atom stereocenters. The fourth-order valence-corrected chi connectivity index (χ4v) is 1.52. The summed E-state index contributed by atoms with van der Waals surface area (Å²) >= 11 is 0. The van der Waals surface area contributed by atoms with E-state index in [1.54, 1.807) is 14.0 Å². The number of carbonyl (C=O) groups excluding carboxylic acids is 1. The number of aromatic nitrogens is 1. The van der Waals surface area contributed by atoms with Crippen LogP contribution in [0.15, 0.2) is 12.1 Å². The minimum atomic E-state index is -0.611. The summed E-state index contributed by atoms with van der Waals surface area (Å²) in [6.45, 7) is 4.14. The highest BCUT2D eigenvalue weighted by Gasteiger charge is 2.20. The van der Waals surface area contributed by atoms with Crippen LogP contribution in [0.4, 0.5) is 17.3 Å². The molecule has 0 saturated carbocycles. The van der Waals surface area contributed by atoms with Crippen LogP contribution in [0.3, 0.4) is 0 Å². The van der Waals surface area contributed by atoms with Gasteiger partial charge in [0, 0.05) is 19.7 Å². The van der Waals surface area contributed by atoms with Crippen LogP contribution in [0.25, 0.3) is 0 Å². The van der Waals surface area contributed by atoms with Crippen molar-refractivity contribution in [1.82, 2.24) is 10.3 Å². The van der Waals surface area contributed by atoms with E-state index in [2.05, 4.69) is 20.9 Å². The predicted octanol–water partition coefficient (Wildman–Crippen LogP) is 1.36. The number of hydrogen-bond acceptors (Lipinski definition) is 6. The summed E-state index contributed by atoms with van der Waals surface area (Å²) in [5.74, 6) is 0.332. The Labute approximate surface area is 117 Å². The first-order valence-electron chi connectivity index (χ1n) is 6.37. The zero-order valence-corrected chi connectivity index (χ0v) is 11.8. The second-order valence-electron chi connectivity index (χ2n) is 4.23. The van der Waals surface area contributed by atoms with Crippen LogP contribution in [0.1, 0.15) is 20.3 Å². The Hall–Kier alpha value is -2.38. The molecule has 20 heavy (non-hydrogen) atoms. The van der Waals surface area contributed by atoms with Gasteiger partial charge in [0.1, 0.15) is 11.9 Å². The van der Waals surface area contributed by atoms with Crippen LogP contribution < -0.4 is 16.0 Å². The number of anilines is 2. The van der Waals surface area contributed by atoms with Crippen molar-refractivity contribution in [3.8, 4) is 0 Å². The fraction of sp³-hybridized carbons (Fsp3) is 0.500. The Balaban J connectivity index is 2.89. The van der Waals surface area contributed by atoms with Crippen LogP contribution in [-0.2, 0) is 4.79 Å². The molecule has 1 aromatic rings. The summed E-state index contributed by atoms with van der Waals surface area (Å²) < 4.78 is 0. The second-order valence-corrected chi connectivity index (χ2v) is 4.23. The average molecular weight is 281 g/mol. The summed E-state index contributed by atoms with van der Waals surface area (Å²) in [4.78, 5) is 26.2.